The molecule has 0 aliphatic carbocycles. The summed E-state index contributed by atoms with van der Waals surface area (Å²) in [6, 6.07) is 15.3. The highest BCUT2D eigenvalue weighted by molar-refractivity contribution is 7.91. The lowest BCUT2D eigenvalue weighted by Crippen LogP contribution is -2.37. The molecular formula is C21H25NO6S. The molecule has 1 aliphatic heterocycles. The Bertz CT molecular complexity index is 893. The van der Waals surface area contributed by atoms with Crippen LogP contribution in [0.25, 0.3) is 0 Å². The highest BCUT2D eigenvalue weighted by Crippen LogP contribution is 2.23. The molecule has 0 bridgehead atoms. The van der Waals surface area contributed by atoms with Crippen molar-refractivity contribution in [3.63, 3.8) is 0 Å². The average Bonchev–Trinajstić information content (AvgIpc) is 2.73. The van der Waals surface area contributed by atoms with Crippen LogP contribution in [0, 0.1) is 5.92 Å². The molecule has 1 heterocycles. The van der Waals surface area contributed by atoms with Crippen molar-refractivity contribution in [3.8, 4) is 11.5 Å². The van der Waals surface area contributed by atoms with Crippen molar-refractivity contribution in [2.45, 2.75) is 37.4 Å². The SMILES string of the molecule is CC(CS(=O)(=O)c1ccc(Oc2ccccc2)cc1)C(=O)NOC1CCCCO1. The number of para-hydroxylation sites is 1. The van der Waals surface area contributed by atoms with Crippen molar-refractivity contribution in [3.05, 3.63) is 54.6 Å². The first-order valence-electron chi connectivity index (χ1n) is 9.57. The summed E-state index contributed by atoms with van der Waals surface area (Å²) in [5.41, 5.74) is 2.31. The molecule has 0 saturated carbocycles. The van der Waals surface area contributed by atoms with Gasteiger partial charge in [0.1, 0.15) is 11.5 Å². The highest BCUT2D eigenvalue weighted by Gasteiger charge is 2.25. The number of ether oxygens (including phenoxy) is 2. The minimum atomic E-state index is -3.64. The molecule has 1 aliphatic rings. The van der Waals surface area contributed by atoms with Gasteiger partial charge in [0.25, 0.3) is 0 Å². The summed E-state index contributed by atoms with van der Waals surface area (Å²) in [5.74, 6) is -0.403. The van der Waals surface area contributed by atoms with Crippen molar-refractivity contribution >= 4 is 15.7 Å². The van der Waals surface area contributed by atoms with Crippen molar-refractivity contribution < 1.29 is 27.5 Å². The molecular weight excluding hydrogens is 394 g/mol. The second-order valence-electron chi connectivity index (χ2n) is 6.95. The van der Waals surface area contributed by atoms with Gasteiger partial charge in [0.2, 0.25) is 5.91 Å². The molecule has 0 aromatic heterocycles. The van der Waals surface area contributed by atoms with Gasteiger partial charge in [-0.25, -0.2) is 18.7 Å². The molecule has 1 saturated heterocycles. The maximum absolute atomic E-state index is 12.6. The Labute approximate surface area is 170 Å². The van der Waals surface area contributed by atoms with E-state index in [-0.39, 0.29) is 10.6 Å². The number of hydrogen-bond donors (Lipinski definition) is 1. The van der Waals surface area contributed by atoms with E-state index in [2.05, 4.69) is 5.48 Å². The fourth-order valence-corrected chi connectivity index (χ4v) is 4.42. The van der Waals surface area contributed by atoms with E-state index in [1.807, 2.05) is 30.3 Å². The quantitative estimate of drug-likeness (QED) is 0.659. The van der Waals surface area contributed by atoms with Crippen LogP contribution in [0.1, 0.15) is 26.2 Å². The maximum atomic E-state index is 12.6. The molecule has 8 heteroatoms. The summed E-state index contributed by atoms with van der Waals surface area (Å²) in [7, 11) is -3.64. The fraction of sp³-hybridized carbons (Fsp3) is 0.381. The number of amides is 1. The summed E-state index contributed by atoms with van der Waals surface area (Å²) in [4.78, 5) is 17.5. The van der Waals surface area contributed by atoms with E-state index in [1.165, 1.54) is 12.1 Å². The summed E-state index contributed by atoms with van der Waals surface area (Å²) in [6.45, 7) is 2.14. The van der Waals surface area contributed by atoms with Crippen molar-refractivity contribution in [1.29, 1.82) is 0 Å². The molecule has 2 aromatic rings. The minimum Gasteiger partial charge on any atom is -0.457 e. The van der Waals surface area contributed by atoms with Gasteiger partial charge in [-0.15, -0.1) is 0 Å². The van der Waals surface area contributed by atoms with Crippen molar-refractivity contribution in [2.75, 3.05) is 12.4 Å². The smallest absolute Gasteiger partial charge is 0.247 e. The van der Waals surface area contributed by atoms with Crippen LogP contribution in [0.3, 0.4) is 0 Å². The van der Waals surface area contributed by atoms with Gasteiger partial charge in [0, 0.05) is 13.0 Å². The maximum Gasteiger partial charge on any atom is 0.247 e. The van der Waals surface area contributed by atoms with Crippen LogP contribution in [0.2, 0.25) is 0 Å². The van der Waals surface area contributed by atoms with E-state index in [4.69, 9.17) is 14.3 Å². The van der Waals surface area contributed by atoms with Crippen LogP contribution in [0.5, 0.6) is 11.5 Å². The first kappa shape index (κ1) is 21.3. The first-order chi connectivity index (χ1) is 13.9. The zero-order valence-electron chi connectivity index (χ0n) is 16.2. The lowest BCUT2D eigenvalue weighted by Gasteiger charge is -2.23. The van der Waals surface area contributed by atoms with Gasteiger partial charge in [-0.3, -0.25) is 4.79 Å². The van der Waals surface area contributed by atoms with Crippen LogP contribution in [0.15, 0.2) is 59.5 Å². The van der Waals surface area contributed by atoms with Gasteiger partial charge in [-0.2, -0.15) is 0 Å². The Hall–Kier alpha value is -2.42. The predicted molar refractivity (Wildman–Crippen MR) is 107 cm³/mol. The molecule has 2 unspecified atom stereocenters. The van der Waals surface area contributed by atoms with Crippen molar-refractivity contribution in [1.82, 2.24) is 5.48 Å². The third-order valence-corrected chi connectivity index (χ3v) is 6.44. The Kier molecular flexibility index (Phi) is 7.24. The van der Waals surface area contributed by atoms with Crippen LogP contribution >= 0.6 is 0 Å². The predicted octanol–water partition coefficient (Wildman–Crippen LogP) is 3.46. The molecule has 3 rings (SSSR count). The molecule has 0 spiro atoms. The molecule has 0 radical (unpaired) electrons. The van der Waals surface area contributed by atoms with Crippen LogP contribution in [0.4, 0.5) is 0 Å². The second kappa shape index (κ2) is 9.87. The number of sulfone groups is 1. The molecule has 2 atom stereocenters. The standard InChI is InChI=1S/C21H25NO6S/c1-16(21(23)22-28-20-9-5-6-14-26-20)15-29(24,25)19-12-10-18(11-13-19)27-17-7-3-2-4-8-17/h2-4,7-8,10-13,16,20H,5-6,9,14-15H2,1H3,(H,22,23). The number of rotatable bonds is 8. The molecule has 7 nitrogen and oxygen atoms in total. The highest BCUT2D eigenvalue weighted by atomic mass is 32.2. The van der Waals surface area contributed by atoms with Gasteiger partial charge < -0.3 is 9.47 Å². The van der Waals surface area contributed by atoms with Gasteiger partial charge in [0.05, 0.1) is 16.6 Å². The summed E-state index contributed by atoms with van der Waals surface area (Å²) >= 11 is 0. The van der Waals surface area contributed by atoms with E-state index in [0.29, 0.717) is 24.5 Å². The first-order valence-corrected chi connectivity index (χ1v) is 11.2. The lowest BCUT2D eigenvalue weighted by atomic mass is 10.2. The van der Waals surface area contributed by atoms with Crippen LogP contribution < -0.4 is 10.2 Å². The van der Waals surface area contributed by atoms with Crippen LogP contribution in [-0.4, -0.2) is 33.0 Å². The summed E-state index contributed by atoms with van der Waals surface area (Å²) in [5, 5.41) is 0. The van der Waals surface area contributed by atoms with Gasteiger partial charge >= 0.3 is 0 Å². The average molecular weight is 419 g/mol. The Morgan fingerprint density at radius 2 is 1.79 bits per heavy atom. The molecule has 1 N–H and O–H groups in total. The van der Waals surface area contributed by atoms with E-state index < -0.39 is 28.0 Å². The number of hydrogen-bond acceptors (Lipinski definition) is 6. The Balaban J connectivity index is 1.54. The third kappa shape index (κ3) is 6.28. The Morgan fingerprint density at radius 3 is 2.45 bits per heavy atom. The van der Waals surface area contributed by atoms with E-state index >= 15 is 0 Å². The molecule has 1 amide bonds. The third-order valence-electron chi connectivity index (χ3n) is 4.51. The number of hydroxylamine groups is 1. The van der Waals surface area contributed by atoms with E-state index in [1.54, 1.807) is 19.1 Å². The van der Waals surface area contributed by atoms with Gasteiger partial charge in [0.15, 0.2) is 16.1 Å². The molecule has 1 fully saturated rings. The zero-order chi connectivity index (χ0) is 20.7. The number of benzene rings is 2. The lowest BCUT2D eigenvalue weighted by molar-refractivity contribution is -0.201. The summed E-state index contributed by atoms with van der Waals surface area (Å²) < 4.78 is 36.3. The number of nitrogens with one attached hydrogen (secondary N) is 1. The monoisotopic (exact) mass is 419 g/mol. The molecule has 156 valence electrons. The van der Waals surface area contributed by atoms with Crippen LogP contribution in [-0.2, 0) is 24.2 Å². The van der Waals surface area contributed by atoms with Gasteiger partial charge in [-0.1, -0.05) is 25.1 Å². The largest absolute Gasteiger partial charge is 0.457 e. The minimum absolute atomic E-state index is 0.133. The molecule has 2 aromatic carbocycles. The van der Waals surface area contributed by atoms with Gasteiger partial charge in [-0.05, 0) is 49.2 Å². The van der Waals surface area contributed by atoms with E-state index in [9.17, 15) is 13.2 Å². The summed E-state index contributed by atoms with van der Waals surface area (Å²) in [6.07, 6.45) is 2.16. The van der Waals surface area contributed by atoms with E-state index in [0.717, 1.165) is 12.8 Å². The number of carbonyl (C=O) groups excluding carboxylic acids is 1. The topological polar surface area (TPSA) is 90.9 Å². The molecule has 29 heavy (non-hydrogen) atoms. The fourth-order valence-electron chi connectivity index (χ4n) is 2.87. The zero-order valence-corrected chi connectivity index (χ0v) is 17.1. The second-order valence-corrected chi connectivity index (χ2v) is 8.98. The normalized spacial score (nSPS) is 18.0. The number of carbonyl (C=O) groups is 1. The Morgan fingerprint density at radius 1 is 1.10 bits per heavy atom. The van der Waals surface area contributed by atoms with Crippen molar-refractivity contribution in [2.24, 2.45) is 5.92 Å².